The van der Waals surface area contributed by atoms with Gasteiger partial charge in [-0.1, -0.05) is 32.9 Å². The zero-order valence-corrected chi connectivity index (χ0v) is 10.8. The van der Waals surface area contributed by atoms with Crippen LogP contribution in [0, 0.1) is 5.92 Å². The summed E-state index contributed by atoms with van der Waals surface area (Å²) >= 11 is 1.82. The zero-order chi connectivity index (χ0) is 11.5. The van der Waals surface area contributed by atoms with Crippen LogP contribution in [0.1, 0.15) is 33.3 Å². The Bertz CT molecular complexity index is 301. The fourth-order valence-corrected chi connectivity index (χ4v) is 2.05. The fourth-order valence-electron chi connectivity index (χ4n) is 1.39. The molecule has 0 unspecified atom stereocenters. The van der Waals surface area contributed by atoms with Gasteiger partial charge >= 0.3 is 0 Å². The van der Waals surface area contributed by atoms with Crippen LogP contribution in [0.15, 0.2) is 29.2 Å². The van der Waals surface area contributed by atoms with Crippen molar-refractivity contribution < 1.29 is 5.11 Å². The molecule has 1 aromatic carbocycles. The van der Waals surface area contributed by atoms with Crippen LogP contribution in [-0.2, 0) is 5.60 Å². The van der Waals surface area contributed by atoms with Gasteiger partial charge in [0.15, 0.2) is 0 Å². The third-order valence-corrected chi connectivity index (χ3v) is 3.77. The van der Waals surface area contributed by atoms with E-state index in [9.17, 15) is 5.11 Å². The molecule has 1 nitrogen and oxygen atoms in total. The van der Waals surface area contributed by atoms with Crippen LogP contribution in [0.25, 0.3) is 0 Å². The molecule has 2 heteroatoms. The highest BCUT2D eigenvalue weighted by molar-refractivity contribution is 7.99. The van der Waals surface area contributed by atoms with Crippen molar-refractivity contribution in [3.63, 3.8) is 0 Å². The van der Waals surface area contributed by atoms with E-state index in [0.29, 0.717) is 0 Å². The molecule has 84 valence electrons. The standard InChI is InChI=1S/C13H20OS/c1-5-15-12-8-6-11(7-9-12)13(4,14)10(2)3/h6-10,14H,5H2,1-4H3/t13-/m1/s1. The number of rotatable bonds is 4. The summed E-state index contributed by atoms with van der Waals surface area (Å²) in [4.78, 5) is 1.26. The lowest BCUT2D eigenvalue weighted by Crippen LogP contribution is -2.27. The maximum absolute atomic E-state index is 10.3. The highest BCUT2D eigenvalue weighted by Crippen LogP contribution is 2.30. The average Bonchev–Trinajstić information content (AvgIpc) is 2.19. The summed E-state index contributed by atoms with van der Waals surface area (Å²) in [6, 6.07) is 8.22. The zero-order valence-electron chi connectivity index (χ0n) is 9.95. The van der Waals surface area contributed by atoms with E-state index in [0.717, 1.165) is 11.3 Å². The molecule has 0 heterocycles. The Morgan fingerprint density at radius 1 is 1.27 bits per heavy atom. The molecule has 0 saturated carbocycles. The van der Waals surface area contributed by atoms with Gasteiger partial charge in [0.05, 0.1) is 5.60 Å². The predicted octanol–water partition coefficient (Wildman–Crippen LogP) is 3.66. The lowest BCUT2D eigenvalue weighted by atomic mass is 9.85. The van der Waals surface area contributed by atoms with Crippen LogP contribution < -0.4 is 0 Å². The van der Waals surface area contributed by atoms with Crippen molar-refractivity contribution in [2.24, 2.45) is 5.92 Å². The normalized spacial score (nSPS) is 15.3. The molecule has 15 heavy (non-hydrogen) atoms. The summed E-state index contributed by atoms with van der Waals surface area (Å²) in [6.07, 6.45) is 0. The van der Waals surface area contributed by atoms with Crippen molar-refractivity contribution in [2.75, 3.05) is 5.75 Å². The molecule has 1 atom stereocenters. The molecule has 0 spiro atoms. The van der Waals surface area contributed by atoms with Crippen LogP contribution >= 0.6 is 11.8 Å². The van der Waals surface area contributed by atoms with Crippen LogP contribution in [0.2, 0.25) is 0 Å². The van der Waals surface area contributed by atoms with Gasteiger partial charge in [-0.05, 0) is 36.3 Å². The van der Waals surface area contributed by atoms with E-state index in [1.54, 1.807) is 0 Å². The largest absolute Gasteiger partial charge is 0.385 e. The Kier molecular flexibility index (Phi) is 4.23. The Morgan fingerprint density at radius 2 is 1.80 bits per heavy atom. The van der Waals surface area contributed by atoms with Crippen molar-refractivity contribution in [1.82, 2.24) is 0 Å². The van der Waals surface area contributed by atoms with Gasteiger partial charge in [-0.15, -0.1) is 11.8 Å². The first-order chi connectivity index (χ1) is 6.98. The Hall–Kier alpha value is -0.470. The second kappa shape index (κ2) is 5.04. The first kappa shape index (κ1) is 12.6. The lowest BCUT2D eigenvalue weighted by molar-refractivity contribution is 0.00901. The third-order valence-electron chi connectivity index (χ3n) is 2.87. The summed E-state index contributed by atoms with van der Waals surface area (Å²) in [5.74, 6) is 1.31. The van der Waals surface area contributed by atoms with E-state index >= 15 is 0 Å². The second-order valence-electron chi connectivity index (χ2n) is 4.26. The SMILES string of the molecule is CCSc1ccc([C@](C)(O)C(C)C)cc1. The second-order valence-corrected chi connectivity index (χ2v) is 5.60. The summed E-state index contributed by atoms with van der Waals surface area (Å²) < 4.78 is 0. The highest BCUT2D eigenvalue weighted by Gasteiger charge is 2.26. The fraction of sp³-hybridized carbons (Fsp3) is 0.538. The van der Waals surface area contributed by atoms with E-state index in [2.05, 4.69) is 19.1 Å². The number of hydrogen-bond donors (Lipinski definition) is 1. The molecule has 0 aliphatic rings. The molecule has 0 aliphatic carbocycles. The molecule has 0 aromatic heterocycles. The number of thioether (sulfide) groups is 1. The molecule has 0 fully saturated rings. The van der Waals surface area contributed by atoms with Crippen molar-refractivity contribution in [1.29, 1.82) is 0 Å². The summed E-state index contributed by atoms with van der Waals surface area (Å²) in [5.41, 5.74) is 0.271. The molecule has 0 bridgehead atoms. The van der Waals surface area contributed by atoms with Crippen LogP contribution in [0.5, 0.6) is 0 Å². The number of hydrogen-bond acceptors (Lipinski definition) is 2. The summed E-state index contributed by atoms with van der Waals surface area (Å²) in [5, 5.41) is 10.3. The third kappa shape index (κ3) is 2.99. The van der Waals surface area contributed by atoms with E-state index in [1.165, 1.54) is 4.90 Å². The Morgan fingerprint density at radius 3 is 2.20 bits per heavy atom. The van der Waals surface area contributed by atoms with Gasteiger partial charge in [-0.3, -0.25) is 0 Å². The Balaban J connectivity index is 2.88. The molecule has 1 N–H and O–H groups in total. The van der Waals surface area contributed by atoms with Crippen LogP contribution in [0.4, 0.5) is 0 Å². The van der Waals surface area contributed by atoms with E-state index in [1.807, 2.05) is 44.7 Å². The Labute approximate surface area is 96.9 Å². The maximum atomic E-state index is 10.3. The van der Waals surface area contributed by atoms with Crippen LogP contribution in [-0.4, -0.2) is 10.9 Å². The molecule has 0 aliphatic heterocycles. The van der Waals surface area contributed by atoms with Gasteiger partial charge in [0.1, 0.15) is 0 Å². The van der Waals surface area contributed by atoms with Gasteiger partial charge in [0.2, 0.25) is 0 Å². The minimum Gasteiger partial charge on any atom is -0.385 e. The number of benzene rings is 1. The van der Waals surface area contributed by atoms with E-state index < -0.39 is 5.60 Å². The molecule has 1 aromatic rings. The average molecular weight is 224 g/mol. The lowest BCUT2D eigenvalue weighted by Gasteiger charge is -2.28. The smallest absolute Gasteiger partial charge is 0.0891 e. The minimum atomic E-state index is -0.727. The van der Waals surface area contributed by atoms with Crippen LogP contribution in [0.3, 0.4) is 0 Å². The molecule has 0 amide bonds. The summed E-state index contributed by atoms with van der Waals surface area (Å²) in [7, 11) is 0. The highest BCUT2D eigenvalue weighted by atomic mass is 32.2. The first-order valence-electron chi connectivity index (χ1n) is 5.44. The van der Waals surface area contributed by atoms with E-state index in [-0.39, 0.29) is 5.92 Å². The van der Waals surface area contributed by atoms with Crippen molar-refractivity contribution >= 4 is 11.8 Å². The quantitative estimate of drug-likeness (QED) is 0.788. The van der Waals surface area contributed by atoms with E-state index in [4.69, 9.17) is 0 Å². The van der Waals surface area contributed by atoms with Gasteiger partial charge in [0.25, 0.3) is 0 Å². The minimum absolute atomic E-state index is 0.224. The molecular formula is C13H20OS. The summed E-state index contributed by atoms with van der Waals surface area (Å²) in [6.45, 7) is 8.09. The molecular weight excluding hydrogens is 204 g/mol. The number of aliphatic hydroxyl groups is 1. The van der Waals surface area contributed by atoms with Gasteiger partial charge < -0.3 is 5.11 Å². The predicted molar refractivity (Wildman–Crippen MR) is 67.2 cm³/mol. The van der Waals surface area contributed by atoms with Crippen molar-refractivity contribution in [2.45, 2.75) is 38.2 Å². The van der Waals surface area contributed by atoms with Gasteiger partial charge in [-0.2, -0.15) is 0 Å². The monoisotopic (exact) mass is 224 g/mol. The molecule has 0 radical (unpaired) electrons. The topological polar surface area (TPSA) is 20.2 Å². The van der Waals surface area contributed by atoms with Gasteiger partial charge in [0, 0.05) is 4.90 Å². The van der Waals surface area contributed by atoms with Crippen molar-refractivity contribution in [3.05, 3.63) is 29.8 Å². The maximum Gasteiger partial charge on any atom is 0.0891 e. The molecule has 0 saturated heterocycles. The van der Waals surface area contributed by atoms with Gasteiger partial charge in [-0.25, -0.2) is 0 Å². The first-order valence-corrected chi connectivity index (χ1v) is 6.42. The molecule has 1 rings (SSSR count). The van der Waals surface area contributed by atoms with Crippen molar-refractivity contribution in [3.8, 4) is 0 Å².